The lowest BCUT2D eigenvalue weighted by atomic mass is 10.0. The second kappa shape index (κ2) is 3.89. The van der Waals surface area contributed by atoms with E-state index in [0.29, 0.717) is 5.30 Å². The average Bonchev–Trinajstić information content (AvgIpc) is 2.03. The van der Waals surface area contributed by atoms with Crippen molar-refractivity contribution in [3.8, 4) is 0 Å². The molecule has 0 saturated heterocycles. The molecule has 0 aliphatic carbocycles. The summed E-state index contributed by atoms with van der Waals surface area (Å²) in [5.41, 5.74) is 0.927. The summed E-state index contributed by atoms with van der Waals surface area (Å²) in [4.78, 5) is 18.8. The van der Waals surface area contributed by atoms with E-state index >= 15 is 0 Å². The molecule has 0 saturated carbocycles. The van der Waals surface area contributed by atoms with Gasteiger partial charge in [0.1, 0.15) is 0 Å². The minimum absolute atomic E-state index is 0.262. The van der Waals surface area contributed by atoms with E-state index in [-0.39, 0.29) is 5.92 Å². The van der Waals surface area contributed by atoms with Gasteiger partial charge in [-0.05, 0) is 29.4 Å². The molecule has 1 rings (SSSR count). The van der Waals surface area contributed by atoms with Gasteiger partial charge in [0.05, 0.1) is 0 Å². The lowest BCUT2D eigenvalue weighted by Gasteiger charge is -2.15. The van der Waals surface area contributed by atoms with Gasteiger partial charge in [-0.15, -0.1) is 0 Å². The van der Waals surface area contributed by atoms with Crippen molar-refractivity contribution in [2.24, 2.45) is 0 Å². The maximum atomic E-state index is 9.40. The van der Waals surface area contributed by atoms with Crippen LogP contribution in [0.2, 0.25) is 0 Å². The van der Waals surface area contributed by atoms with E-state index in [0.717, 1.165) is 5.56 Å². The third-order valence-electron chi connectivity index (χ3n) is 1.87. The van der Waals surface area contributed by atoms with Gasteiger partial charge in [0.25, 0.3) is 0 Å². The van der Waals surface area contributed by atoms with Crippen LogP contribution in [0.4, 0.5) is 0 Å². The van der Waals surface area contributed by atoms with Crippen LogP contribution in [-0.2, 0) is 11.8 Å². The monoisotopic (exact) mass is 216 g/mol. The molecule has 2 nitrogen and oxygen atoms in total. The van der Waals surface area contributed by atoms with Crippen molar-refractivity contribution >= 4 is 23.6 Å². The molecule has 0 aliphatic heterocycles. The highest BCUT2D eigenvalue weighted by atomic mass is 32.5. The summed E-state index contributed by atoms with van der Waals surface area (Å²) in [6, 6.07) is 7.22. The van der Waals surface area contributed by atoms with Crippen molar-refractivity contribution < 1.29 is 9.79 Å². The molecule has 0 amide bonds. The van der Waals surface area contributed by atoms with Crippen molar-refractivity contribution in [2.75, 3.05) is 0 Å². The zero-order chi connectivity index (χ0) is 10.1. The van der Waals surface area contributed by atoms with Crippen LogP contribution in [-0.4, -0.2) is 9.79 Å². The van der Waals surface area contributed by atoms with E-state index < -0.39 is 6.49 Å². The van der Waals surface area contributed by atoms with E-state index in [1.54, 1.807) is 12.1 Å². The van der Waals surface area contributed by atoms with Gasteiger partial charge in [-0.25, -0.2) is 0 Å². The molecule has 72 valence electrons. The molecule has 0 aliphatic rings. The number of hydrogen-bond acceptors (Lipinski definition) is 1. The van der Waals surface area contributed by atoms with Crippen LogP contribution in [0.3, 0.4) is 0 Å². The van der Waals surface area contributed by atoms with Crippen LogP contribution in [0, 0.1) is 0 Å². The average molecular weight is 216 g/mol. The SMILES string of the molecule is CC(C)c1ccccc1P(O)(O)=S. The number of rotatable bonds is 2. The van der Waals surface area contributed by atoms with E-state index in [2.05, 4.69) is 11.8 Å². The Hall–Kier alpha value is -0.210. The molecule has 0 aromatic heterocycles. The molecule has 13 heavy (non-hydrogen) atoms. The first-order valence-corrected chi connectivity index (χ1v) is 6.78. The molecule has 4 heteroatoms. The normalized spacial score (nSPS) is 12.1. The third kappa shape index (κ3) is 2.61. The highest BCUT2D eigenvalue weighted by Crippen LogP contribution is 2.36. The lowest BCUT2D eigenvalue weighted by Crippen LogP contribution is -2.11. The van der Waals surface area contributed by atoms with Gasteiger partial charge in [0.2, 0.25) is 6.49 Å². The Bertz CT molecular complexity index is 343. The molecule has 0 radical (unpaired) electrons. The topological polar surface area (TPSA) is 40.5 Å². The highest BCUT2D eigenvalue weighted by Gasteiger charge is 2.17. The predicted molar refractivity (Wildman–Crippen MR) is 58.9 cm³/mol. The minimum atomic E-state index is -3.28. The fourth-order valence-corrected chi connectivity index (χ4v) is 2.69. The fraction of sp³-hybridized carbons (Fsp3) is 0.333. The summed E-state index contributed by atoms with van der Waals surface area (Å²) in [5, 5.41) is 0.514. The van der Waals surface area contributed by atoms with Gasteiger partial charge in [0.15, 0.2) is 0 Å². The standard InChI is InChI=1S/C9H13O2PS/c1-7(2)8-5-3-4-6-9(8)12(10,11)13/h3-7H,1-2H3,(H2,10,11,13). The molecule has 0 unspecified atom stereocenters. The van der Waals surface area contributed by atoms with Crippen LogP contribution < -0.4 is 5.30 Å². The van der Waals surface area contributed by atoms with Gasteiger partial charge in [-0.1, -0.05) is 32.0 Å². The van der Waals surface area contributed by atoms with Crippen molar-refractivity contribution in [3.63, 3.8) is 0 Å². The molecule has 0 spiro atoms. The molecule has 1 aromatic carbocycles. The van der Waals surface area contributed by atoms with Gasteiger partial charge in [-0.2, -0.15) is 0 Å². The smallest absolute Gasteiger partial charge is 0.214 e. The largest absolute Gasteiger partial charge is 0.342 e. The molecule has 0 heterocycles. The summed E-state index contributed by atoms with van der Waals surface area (Å²) in [7, 11) is 0. The van der Waals surface area contributed by atoms with Crippen molar-refractivity contribution in [3.05, 3.63) is 29.8 Å². The first kappa shape index (κ1) is 10.9. The Morgan fingerprint density at radius 2 is 1.77 bits per heavy atom. The summed E-state index contributed by atoms with van der Waals surface area (Å²) in [6.07, 6.45) is 0. The van der Waals surface area contributed by atoms with E-state index in [1.165, 1.54) is 0 Å². The summed E-state index contributed by atoms with van der Waals surface area (Å²) in [5.74, 6) is 0.262. The zero-order valence-corrected chi connectivity index (χ0v) is 9.35. The predicted octanol–water partition coefficient (Wildman–Crippen LogP) is 1.73. The molecule has 0 atom stereocenters. The van der Waals surface area contributed by atoms with E-state index in [1.807, 2.05) is 26.0 Å². The second-order valence-electron chi connectivity index (χ2n) is 3.26. The molecule has 0 bridgehead atoms. The molecular weight excluding hydrogens is 203 g/mol. The summed E-state index contributed by atoms with van der Waals surface area (Å²) >= 11 is 4.68. The minimum Gasteiger partial charge on any atom is -0.342 e. The highest BCUT2D eigenvalue weighted by molar-refractivity contribution is 8.12. The Balaban J connectivity index is 3.29. The first-order chi connectivity index (χ1) is 5.93. The van der Waals surface area contributed by atoms with E-state index in [9.17, 15) is 9.79 Å². The molecular formula is C9H13O2PS. The van der Waals surface area contributed by atoms with Gasteiger partial charge in [-0.3, -0.25) is 0 Å². The molecule has 1 aromatic rings. The summed E-state index contributed by atoms with van der Waals surface area (Å²) in [6.45, 7) is 0.731. The quantitative estimate of drug-likeness (QED) is 0.740. The third-order valence-corrected chi connectivity index (χ3v) is 3.50. The van der Waals surface area contributed by atoms with Gasteiger partial charge < -0.3 is 9.79 Å². The maximum absolute atomic E-state index is 9.40. The second-order valence-corrected chi connectivity index (χ2v) is 6.35. The van der Waals surface area contributed by atoms with Crippen LogP contribution in [0.15, 0.2) is 24.3 Å². The Morgan fingerprint density at radius 3 is 2.15 bits per heavy atom. The van der Waals surface area contributed by atoms with Crippen LogP contribution in [0.1, 0.15) is 25.3 Å². The Labute approximate surface area is 83.4 Å². The van der Waals surface area contributed by atoms with Crippen LogP contribution in [0.25, 0.3) is 0 Å². The Kier molecular flexibility index (Phi) is 3.25. The van der Waals surface area contributed by atoms with E-state index in [4.69, 9.17) is 0 Å². The van der Waals surface area contributed by atoms with Gasteiger partial charge >= 0.3 is 0 Å². The van der Waals surface area contributed by atoms with Crippen molar-refractivity contribution in [2.45, 2.75) is 19.8 Å². The number of hydrogen-bond donors (Lipinski definition) is 2. The maximum Gasteiger partial charge on any atom is 0.214 e. The van der Waals surface area contributed by atoms with Crippen LogP contribution in [0.5, 0.6) is 0 Å². The van der Waals surface area contributed by atoms with Crippen LogP contribution >= 0.6 is 6.49 Å². The molecule has 2 N–H and O–H groups in total. The van der Waals surface area contributed by atoms with Crippen molar-refractivity contribution in [1.29, 1.82) is 0 Å². The fourth-order valence-electron chi connectivity index (χ4n) is 1.24. The number of benzene rings is 1. The first-order valence-electron chi connectivity index (χ1n) is 4.08. The van der Waals surface area contributed by atoms with Gasteiger partial charge in [0, 0.05) is 5.30 Å². The Morgan fingerprint density at radius 1 is 1.23 bits per heavy atom. The van der Waals surface area contributed by atoms with Crippen molar-refractivity contribution in [1.82, 2.24) is 0 Å². The lowest BCUT2D eigenvalue weighted by molar-refractivity contribution is 0.492. The summed E-state index contributed by atoms with van der Waals surface area (Å²) < 4.78 is 0. The zero-order valence-electron chi connectivity index (χ0n) is 7.64. The molecule has 0 fully saturated rings.